The molecule has 0 radical (unpaired) electrons. The quantitative estimate of drug-likeness (QED) is 0.882. The Bertz CT molecular complexity index is 691. The maximum atomic E-state index is 12.4. The Labute approximate surface area is 100 Å². The summed E-state index contributed by atoms with van der Waals surface area (Å²) in [5.74, 6) is -0.119. The van der Waals surface area contributed by atoms with Crippen LogP contribution in [0.5, 0.6) is 0 Å². The van der Waals surface area contributed by atoms with E-state index in [1.54, 1.807) is 0 Å². The van der Waals surface area contributed by atoms with Crippen molar-refractivity contribution < 1.29 is 21.6 Å². The summed E-state index contributed by atoms with van der Waals surface area (Å²) < 4.78 is 61.3. The normalized spacial score (nSPS) is 12.9. The number of sulfonamides is 1. The predicted octanol–water partition coefficient (Wildman–Crippen LogP) is 1.95. The zero-order valence-electron chi connectivity index (χ0n) is 9.04. The van der Waals surface area contributed by atoms with Crippen molar-refractivity contribution >= 4 is 27.0 Å². The number of rotatable bonds is 2. The second-order valence-electron chi connectivity index (χ2n) is 3.69. The van der Waals surface area contributed by atoms with E-state index in [4.69, 9.17) is 0 Å². The van der Waals surface area contributed by atoms with Gasteiger partial charge in [0.2, 0.25) is 16.0 Å². The van der Waals surface area contributed by atoms with Gasteiger partial charge in [0, 0.05) is 0 Å². The average Bonchev–Trinajstić information content (AvgIpc) is 2.53. The van der Waals surface area contributed by atoms with E-state index < -0.39 is 21.8 Å². The van der Waals surface area contributed by atoms with E-state index >= 15 is 0 Å². The van der Waals surface area contributed by atoms with Crippen LogP contribution in [0.25, 0.3) is 11.0 Å². The number of aromatic amines is 1. The Morgan fingerprint density at radius 1 is 1.33 bits per heavy atom. The molecule has 2 N–H and O–H groups in total. The third-order valence-electron chi connectivity index (χ3n) is 2.09. The summed E-state index contributed by atoms with van der Waals surface area (Å²) in [7, 11) is -3.53. The van der Waals surface area contributed by atoms with Crippen LogP contribution in [0.2, 0.25) is 0 Å². The number of alkyl halides is 3. The molecule has 1 aromatic heterocycles. The molecule has 9 heteroatoms. The number of hydrogen-bond donors (Lipinski definition) is 2. The number of halogens is 3. The first-order chi connectivity index (χ1) is 8.15. The van der Waals surface area contributed by atoms with Gasteiger partial charge in [-0.1, -0.05) is 0 Å². The Morgan fingerprint density at radius 3 is 2.56 bits per heavy atom. The minimum Gasteiger partial charge on any atom is -0.323 e. The molecule has 98 valence electrons. The van der Waals surface area contributed by atoms with Crippen molar-refractivity contribution in [2.45, 2.75) is 6.18 Å². The van der Waals surface area contributed by atoms with Crippen molar-refractivity contribution in [3.05, 3.63) is 23.8 Å². The van der Waals surface area contributed by atoms with E-state index in [0.717, 1.165) is 18.4 Å². The average molecular weight is 279 g/mol. The second kappa shape index (κ2) is 3.87. The first kappa shape index (κ1) is 12.7. The first-order valence-corrected chi connectivity index (χ1v) is 6.59. The molecule has 1 heterocycles. The van der Waals surface area contributed by atoms with Gasteiger partial charge in [-0.05, 0) is 18.2 Å². The molecule has 0 spiro atoms. The summed E-state index contributed by atoms with van der Waals surface area (Å²) in [6.07, 6.45) is -3.54. The minimum atomic E-state index is -4.46. The number of imidazole rings is 1. The lowest BCUT2D eigenvalue weighted by Crippen LogP contribution is -2.10. The molecule has 1 aromatic carbocycles. The van der Waals surface area contributed by atoms with Crippen molar-refractivity contribution in [3.63, 3.8) is 0 Å². The minimum absolute atomic E-state index is 0.0379. The molecule has 2 rings (SSSR count). The number of fused-ring (bicyclic) bond motifs is 1. The summed E-state index contributed by atoms with van der Waals surface area (Å²) >= 11 is 0. The highest BCUT2D eigenvalue weighted by molar-refractivity contribution is 7.91. The Kier molecular flexibility index (Phi) is 2.73. The maximum absolute atomic E-state index is 12.4. The largest absolute Gasteiger partial charge is 0.416 e. The Morgan fingerprint density at radius 2 is 2.00 bits per heavy atom. The van der Waals surface area contributed by atoms with E-state index in [1.807, 2.05) is 0 Å². The van der Waals surface area contributed by atoms with Crippen LogP contribution in [0.3, 0.4) is 0 Å². The van der Waals surface area contributed by atoms with Crippen LogP contribution in [-0.2, 0) is 16.2 Å². The smallest absolute Gasteiger partial charge is 0.323 e. The van der Waals surface area contributed by atoms with E-state index in [-0.39, 0.29) is 11.5 Å². The van der Waals surface area contributed by atoms with Gasteiger partial charge in [-0.25, -0.2) is 13.4 Å². The lowest BCUT2D eigenvalue weighted by molar-refractivity contribution is -0.137. The van der Waals surface area contributed by atoms with Crippen LogP contribution in [0.4, 0.5) is 19.1 Å². The summed E-state index contributed by atoms with van der Waals surface area (Å²) in [4.78, 5) is 6.29. The summed E-state index contributed by atoms with van der Waals surface area (Å²) in [6.45, 7) is 0. The monoisotopic (exact) mass is 279 g/mol. The highest BCUT2D eigenvalue weighted by atomic mass is 32.2. The predicted molar refractivity (Wildman–Crippen MR) is 59.6 cm³/mol. The maximum Gasteiger partial charge on any atom is 0.416 e. The summed E-state index contributed by atoms with van der Waals surface area (Å²) in [5.41, 5.74) is -0.488. The Hall–Kier alpha value is -1.77. The molecule has 0 aliphatic carbocycles. The molecule has 0 saturated heterocycles. The molecule has 18 heavy (non-hydrogen) atoms. The van der Waals surface area contributed by atoms with Crippen molar-refractivity contribution in [2.24, 2.45) is 0 Å². The van der Waals surface area contributed by atoms with Crippen LogP contribution in [-0.4, -0.2) is 24.6 Å². The van der Waals surface area contributed by atoms with Gasteiger partial charge < -0.3 is 4.98 Å². The molecule has 0 fully saturated rings. The molecule has 0 bridgehead atoms. The van der Waals surface area contributed by atoms with Crippen LogP contribution in [0.15, 0.2) is 18.2 Å². The van der Waals surface area contributed by atoms with Crippen LogP contribution in [0, 0.1) is 0 Å². The standard InChI is InChI=1S/C9H8F3N3O2S/c1-18(16,17)15-8-13-6-3-2-5(9(10,11)12)4-7(6)14-8/h2-4H,1H3,(H2,13,14,15). The molecule has 0 amide bonds. The molecular formula is C9H8F3N3O2S. The van der Waals surface area contributed by atoms with Crippen molar-refractivity contribution in [1.29, 1.82) is 0 Å². The molecule has 0 aliphatic heterocycles. The van der Waals surface area contributed by atoms with Gasteiger partial charge in [0.05, 0.1) is 22.9 Å². The number of nitrogens with zero attached hydrogens (tertiary/aromatic N) is 1. The first-order valence-electron chi connectivity index (χ1n) is 4.70. The third-order valence-corrected chi connectivity index (χ3v) is 2.66. The molecule has 0 unspecified atom stereocenters. The molecule has 0 aliphatic rings. The fourth-order valence-corrected chi connectivity index (χ4v) is 1.85. The van der Waals surface area contributed by atoms with Gasteiger partial charge in [0.25, 0.3) is 0 Å². The Balaban J connectivity index is 2.46. The number of hydrogen-bond acceptors (Lipinski definition) is 3. The van der Waals surface area contributed by atoms with Crippen molar-refractivity contribution in [1.82, 2.24) is 9.97 Å². The van der Waals surface area contributed by atoms with Crippen LogP contribution < -0.4 is 4.72 Å². The topological polar surface area (TPSA) is 74.8 Å². The number of H-pyrrole nitrogens is 1. The highest BCUT2D eigenvalue weighted by Crippen LogP contribution is 2.31. The number of anilines is 1. The number of nitrogens with one attached hydrogen (secondary N) is 2. The molecule has 5 nitrogen and oxygen atoms in total. The van der Waals surface area contributed by atoms with E-state index in [1.165, 1.54) is 6.07 Å². The molecular weight excluding hydrogens is 271 g/mol. The van der Waals surface area contributed by atoms with Gasteiger partial charge in [-0.3, -0.25) is 4.72 Å². The summed E-state index contributed by atoms with van der Waals surface area (Å²) in [6, 6.07) is 2.93. The summed E-state index contributed by atoms with van der Waals surface area (Å²) in [5, 5.41) is 0. The lowest BCUT2D eigenvalue weighted by Gasteiger charge is -2.04. The van der Waals surface area contributed by atoms with E-state index in [2.05, 4.69) is 14.7 Å². The second-order valence-corrected chi connectivity index (χ2v) is 5.44. The van der Waals surface area contributed by atoms with Gasteiger partial charge in [-0.15, -0.1) is 0 Å². The van der Waals surface area contributed by atoms with Gasteiger partial charge in [0.1, 0.15) is 0 Å². The van der Waals surface area contributed by atoms with Gasteiger partial charge in [0.15, 0.2) is 0 Å². The fourth-order valence-electron chi connectivity index (χ4n) is 1.41. The third kappa shape index (κ3) is 2.73. The van der Waals surface area contributed by atoms with Crippen molar-refractivity contribution in [2.75, 3.05) is 11.0 Å². The van der Waals surface area contributed by atoms with Crippen LogP contribution in [0.1, 0.15) is 5.56 Å². The van der Waals surface area contributed by atoms with Crippen LogP contribution >= 0.6 is 0 Å². The van der Waals surface area contributed by atoms with Gasteiger partial charge >= 0.3 is 6.18 Å². The molecule has 0 saturated carbocycles. The number of aromatic nitrogens is 2. The van der Waals surface area contributed by atoms with Crippen molar-refractivity contribution in [3.8, 4) is 0 Å². The number of benzene rings is 1. The van der Waals surface area contributed by atoms with E-state index in [9.17, 15) is 21.6 Å². The zero-order chi connectivity index (χ0) is 13.6. The zero-order valence-corrected chi connectivity index (χ0v) is 9.85. The SMILES string of the molecule is CS(=O)(=O)Nc1nc2cc(C(F)(F)F)ccc2[nH]1. The molecule has 0 atom stereocenters. The fraction of sp³-hybridized carbons (Fsp3) is 0.222. The van der Waals surface area contributed by atoms with E-state index in [0.29, 0.717) is 5.52 Å². The highest BCUT2D eigenvalue weighted by Gasteiger charge is 2.30. The van der Waals surface area contributed by atoms with Gasteiger partial charge in [-0.2, -0.15) is 13.2 Å². The lowest BCUT2D eigenvalue weighted by atomic mass is 10.2. The molecule has 2 aromatic rings.